The van der Waals surface area contributed by atoms with Gasteiger partial charge in [-0.05, 0) is 71.5 Å². The third-order valence-corrected chi connectivity index (χ3v) is 9.27. The van der Waals surface area contributed by atoms with Gasteiger partial charge >= 0.3 is 25.3 Å². The van der Waals surface area contributed by atoms with Crippen LogP contribution in [-0.4, -0.2) is 88.0 Å². The fourth-order valence-corrected chi connectivity index (χ4v) is 6.80. The molecule has 1 amide bonds. The van der Waals surface area contributed by atoms with Gasteiger partial charge in [-0.2, -0.15) is 18.9 Å². The monoisotopic (exact) mass is 711 g/mol. The first-order chi connectivity index (χ1) is 21.5. The summed E-state index contributed by atoms with van der Waals surface area (Å²) in [4.78, 5) is 43.2. The average Bonchev–Trinajstić information content (AvgIpc) is 3.49. The Labute approximate surface area is 272 Å². The zero-order valence-corrected chi connectivity index (χ0v) is 27.6. The van der Waals surface area contributed by atoms with Gasteiger partial charge in [0.1, 0.15) is 23.7 Å². The summed E-state index contributed by atoms with van der Waals surface area (Å²) in [6.07, 6.45) is -4.87. The summed E-state index contributed by atoms with van der Waals surface area (Å²) in [6, 6.07) is 3.36. The quantitative estimate of drug-likeness (QED) is 0.216. The van der Waals surface area contributed by atoms with Crippen molar-refractivity contribution in [3.8, 4) is 5.75 Å². The second-order valence-corrected chi connectivity index (χ2v) is 13.6. The van der Waals surface area contributed by atoms with Gasteiger partial charge in [0.15, 0.2) is 6.10 Å². The van der Waals surface area contributed by atoms with Crippen molar-refractivity contribution >= 4 is 48.6 Å². The molecule has 3 heterocycles. The predicted molar refractivity (Wildman–Crippen MR) is 162 cm³/mol. The van der Waals surface area contributed by atoms with Gasteiger partial charge < -0.3 is 24.4 Å². The van der Waals surface area contributed by atoms with Crippen LogP contribution in [0.4, 0.5) is 14.6 Å². The van der Waals surface area contributed by atoms with E-state index >= 15 is 8.78 Å². The number of hydrogen-bond acceptors (Lipinski definition) is 11. The van der Waals surface area contributed by atoms with Crippen molar-refractivity contribution in [3.63, 3.8) is 0 Å². The van der Waals surface area contributed by atoms with Crippen LogP contribution < -0.4 is 20.6 Å². The maximum Gasteiger partial charge on any atom is 0.459 e. The molecule has 3 N–H and O–H groups in total. The smallest absolute Gasteiger partial charge is 0.459 e. The highest BCUT2D eigenvalue weighted by Gasteiger charge is 2.60. The van der Waals surface area contributed by atoms with E-state index in [-0.39, 0.29) is 21.6 Å². The largest absolute Gasteiger partial charge is 0.462 e. The highest BCUT2D eigenvalue weighted by molar-refractivity contribution is 7.52. The van der Waals surface area contributed by atoms with Crippen LogP contribution in [0, 0.1) is 0 Å². The molecule has 254 valence electrons. The molecule has 19 heteroatoms. The Morgan fingerprint density at radius 1 is 1.26 bits per heavy atom. The molecular weight excluding hydrogens is 678 g/mol. The van der Waals surface area contributed by atoms with Crippen molar-refractivity contribution in [2.24, 2.45) is 0 Å². The predicted octanol–water partition coefficient (Wildman–Crippen LogP) is 3.61. The van der Waals surface area contributed by atoms with Gasteiger partial charge in [0.25, 0.3) is 0 Å². The Kier molecular flexibility index (Phi) is 11.5. The molecule has 1 aromatic carbocycles. The van der Waals surface area contributed by atoms with Gasteiger partial charge in [-0.25, -0.2) is 9.36 Å². The minimum atomic E-state index is -4.63. The number of amides is 1. The highest BCUT2D eigenvalue weighted by Crippen LogP contribution is 2.49. The van der Waals surface area contributed by atoms with Crippen LogP contribution in [-0.2, 0) is 28.2 Å². The van der Waals surface area contributed by atoms with Gasteiger partial charge in [0.2, 0.25) is 12.1 Å². The van der Waals surface area contributed by atoms with E-state index < -0.39 is 74.5 Å². The van der Waals surface area contributed by atoms with Crippen molar-refractivity contribution in [2.45, 2.75) is 76.2 Å². The number of aromatic nitrogens is 2. The molecule has 14 nitrogen and oxygen atoms in total. The van der Waals surface area contributed by atoms with Crippen LogP contribution in [0.25, 0.3) is 0 Å². The van der Waals surface area contributed by atoms with Crippen LogP contribution >= 0.6 is 30.9 Å². The van der Waals surface area contributed by atoms with E-state index in [4.69, 9.17) is 41.7 Å². The number of anilines is 1. The number of carbonyl (C=O) groups excluding carboxylic acids is 2. The first-order valence-electron chi connectivity index (χ1n) is 14.2. The van der Waals surface area contributed by atoms with Crippen molar-refractivity contribution < 1.29 is 46.6 Å². The number of halogens is 4. The van der Waals surface area contributed by atoms with E-state index in [0.717, 1.165) is 25.2 Å². The number of alkyl halides is 2. The van der Waals surface area contributed by atoms with Gasteiger partial charge in [-0.1, -0.05) is 23.2 Å². The van der Waals surface area contributed by atoms with Gasteiger partial charge in [0.05, 0.1) is 23.8 Å². The van der Waals surface area contributed by atoms with Crippen LogP contribution in [0.3, 0.4) is 0 Å². The summed E-state index contributed by atoms with van der Waals surface area (Å²) in [5, 5.41) is 15.5. The van der Waals surface area contributed by atoms with Gasteiger partial charge in [-0.3, -0.25) is 23.6 Å². The maximum absolute atomic E-state index is 15.3. The molecule has 46 heavy (non-hydrogen) atoms. The lowest BCUT2D eigenvalue weighted by Gasteiger charge is -2.25. The van der Waals surface area contributed by atoms with Crippen LogP contribution in [0.15, 0.2) is 35.3 Å². The van der Waals surface area contributed by atoms with Crippen LogP contribution in [0.2, 0.25) is 10.0 Å². The molecule has 4 rings (SSSR count). The number of esters is 1. The second-order valence-electron chi connectivity index (χ2n) is 11.1. The van der Waals surface area contributed by atoms with Crippen molar-refractivity contribution in [1.29, 1.82) is 0 Å². The Balaban J connectivity index is 1.50. The highest BCUT2D eigenvalue weighted by atomic mass is 35.5. The SMILES string of the molecule is CC(C)OC(=O)[C@H](C)NP(=O)(OC[C@H]1OC(n2ccc(NC(=O)[C@@H]3CCCN3C)nc2=O)C(F)(F)[C@@H]1O)Oc1ccc(Cl)cc1Cl. The Morgan fingerprint density at radius 3 is 2.59 bits per heavy atom. The third kappa shape index (κ3) is 8.42. The Bertz CT molecular complexity index is 1550. The summed E-state index contributed by atoms with van der Waals surface area (Å²) in [6.45, 7) is 4.26. The number of aliphatic hydroxyl groups is 1. The topological polar surface area (TPSA) is 171 Å². The number of benzene rings is 1. The van der Waals surface area contributed by atoms with E-state index in [1.54, 1.807) is 20.9 Å². The molecular formula is C27H34Cl2F2N5O9P. The van der Waals surface area contributed by atoms with E-state index in [1.807, 2.05) is 4.90 Å². The molecule has 0 radical (unpaired) electrons. The lowest BCUT2D eigenvalue weighted by molar-refractivity contribution is -0.149. The number of likely N-dealkylation sites (N-methyl/N-ethyl adjacent to an activating group) is 1. The lowest BCUT2D eigenvalue weighted by atomic mass is 10.1. The van der Waals surface area contributed by atoms with Crippen LogP contribution in [0.1, 0.15) is 39.8 Å². The zero-order valence-electron chi connectivity index (χ0n) is 25.2. The Morgan fingerprint density at radius 2 is 1.98 bits per heavy atom. The average molecular weight is 712 g/mol. The molecule has 2 unspecified atom stereocenters. The molecule has 2 aromatic rings. The lowest BCUT2D eigenvalue weighted by Crippen LogP contribution is -2.42. The fourth-order valence-electron chi connectivity index (χ4n) is 4.78. The van der Waals surface area contributed by atoms with Crippen molar-refractivity contribution in [2.75, 3.05) is 25.5 Å². The molecule has 6 atom stereocenters. The third-order valence-electron chi connectivity index (χ3n) is 7.11. The summed E-state index contributed by atoms with van der Waals surface area (Å²) < 4.78 is 66.1. The molecule has 2 fully saturated rings. The Hall–Kier alpha value is -2.69. The number of likely N-dealkylation sites (tertiary alicyclic amines) is 1. The fraction of sp³-hybridized carbons (Fsp3) is 0.556. The minimum Gasteiger partial charge on any atom is -0.462 e. The number of hydrogen-bond donors (Lipinski definition) is 3. The molecule has 0 saturated carbocycles. The van der Waals surface area contributed by atoms with Gasteiger partial charge in [-0.15, -0.1) is 0 Å². The molecule has 0 spiro atoms. The molecule has 1 aromatic heterocycles. The van der Waals surface area contributed by atoms with E-state index in [0.29, 0.717) is 11.0 Å². The summed E-state index contributed by atoms with van der Waals surface area (Å²) in [7, 11) is -2.85. The number of aliphatic hydroxyl groups excluding tert-OH is 1. The van der Waals surface area contributed by atoms with Gasteiger partial charge in [0, 0.05) is 11.2 Å². The minimum absolute atomic E-state index is 0.0824. The standard InChI is InChI=1S/C27H34Cl2F2N5O9P/c1-14(2)43-24(39)15(3)34-46(41,45-19-8-7-16(28)12-17(19)29)42-13-20-22(37)27(30,31)25(44-20)36-11-9-21(33-26(36)40)32-23(38)18-6-5-10-35(18)4/h7-9,11-12,14-15,18,20,22,25,37H,5-6,10,13H2,1-4H3,(H,34,41)(H,32,33,38,40)/t15-,18-,20+,22+,25?,46?/m0/s1. The molecule has 2 saturated heterocycles. The summed E-state index contributed by atoms with van der Waals surface area (Å²) >= 11 is 12.0. The summed E-state index contributed by atoms with van der Waals surface area (Å²) in [5.74, 6) is -5.61. The zero-order chi connectivity index (χ0) is 34.0. The van der Waals surface area contributed by atoms with Crippen LogP contribution in [0.5, 0.6) is 5.75 Å². The normalized spacial score (nSPS) is 24.8. The van der Waals surface area contributed by atoms with Crippen molar-refractivity contribution in [3.05, 3.63) is 51.0 Å². The molecule has 0 bridgehead atoms. The number of rotatable bonds is 12. The molecule has 0 aliphatic carbocycles. The van der Waals surface area contributed by atoms with E-state index in [9.17, 15) is 24.1 Å². The second kappa shape index (κ2) is 14.6. The first-order valence-corrected chi connectivity index (χ1v) is 16.5. The van der Waals surface area contributed by atoms with Crippen molar-refractivity contribution in [1.82, 2.24) is 19.5 Å². The summed E-state index contributed by atoms with van der Waals surface area (Å²) in [5.41, 5.74) is -1.19. The van der Waals surface area contributed by atoms with E-state index in [2.05, 4.69) is 15.4 Å². The molecule has 2 aliphatic rings. The number of ether oxygens (including phenoxy) is 2. The number of carbonyl (C=O) groups is 2. The maximum atomic E-state index is 15.3. The first kappa shape index (κ1) is 36.2. The number of nitrogens with zero attached hydrogens (tertiary/aromatic N) is 3. The number of nitrogens with one attached hydrogen (secondary N) is 2. The van der Waals surface area contributed by atoms with E-state index in [1.165, 1.54) is 25.1 Å². The molecule has 2 aliphatic heterocycles.